The average Bonchev–Trinajstić information content (AvgIpc) is 2.64. The summed E-state index contributed by atoms with van der Waals surface area (Å²) in [6, 6.07) is 0.448. The lowest BCUT2D eigenvalue weighted by Crippen LogP contribution is -2.31. The molecule has 0 atom stereocenters. The molecule has 0 aromatic rings. The number of carboxylic acid groups (broad SMARTS) is 1. The van der Waals surface area contributed by atoms with Crippen molar-refractivity contribution in [3.8, 4) is 0 Å². The van der Waals surface area contributed by atoms with Crippen molar-refractivity contribution in [1.82, 2.24) is 5.32 Å². The summed E-state index contributed by atoms with van der Waals surface area (Å²) >= 11 is 0. The number of nitrogens with one attached hydrogen (secondary N) is 1. The molecule has 1 aliphatic carbocycles. The van der Waals surface area contributed by atoms with Gasteiger partial charge >= 0.3 is 11.9 Å². The Hall–Kier alpha value is -0.710. The van der Waals surface area contributed by atoms with Gasteiger partial charge in [0.1, 0.15) is 0 Å². The van der Waals surface area contributed by atoms with Crippen LogP contribution in [0.25, 0.3) is 0 Å². The van der Waals surface area contributed by atoms with Crippen molar-refractivity contribution in [2.45, 2.75) is 50.5 Å². The van der Waals surface area contributed by atoms with E-state index in [4.69, 9.17) is 5.11 Å². The number of hydrogen-bond acceptors (Lipinski definition) is 2. The highest BCUT2D eigenvalue weighted by atomic mass is 19.3. The second kappa shape index (κ2) is 5.39. The summed E-state index contributed by atoms with van der Waals surface area (Å²) in [6.45, 7) is 0.480. The molecule has 0 amide bonds. The molecule has 0 saturated heterocycles. The zero-order valence-corrected chi connectivity index (χ0v) is 8.64. The Kier molecular flexibility index (Phi) is 4.45. The summed E-state index contributed by atoms with van der Waals surface area (Å²) in [6.07, 6.45) is 4.23. The highest BCUT2D eigenvalue weighted by Crippen LogP contribution is 2.21. The topological polar surface area (TPSA) is 49.3 Å². The molecule has 0 radical (unpaired) electrons. The molecule has 0 aromatic carbocycles. The summed E-state index contributed by atoms with van der Waals surface area (Å²) in [5.41, 5.74) is 0. The van der Waals surface area contributed by atoms with E-state index in [1.165, 1.54) is 12.8 Å². The van der Waals surface area contributed by atoms with Crippen LogP contribution >= 0.6 is 0 Å². The minimum absolute atomic E-state index is 0.204. The average molecular weight is 221 g/mol. The molecule has 2 N–H and O–H groups in total. The number of rotatable bonds is 6. The van der Waals surface area contributed by atoms with Gasteiger partial charge in [-0.2, -0.15) is 8.78 Å². The van der Waals surface area contributed by atoms with E-state index in [1.807, 2.05) is 0 Å². The number of alkyl halides is 2. The van der Waals surface area contributed by atoms with Crippen LogP contribution in [0, 0.1) is 0 Å². The molecule has 0 spiro atoms. The van der Waals surface area contributed by atoms with Gasteiger partial charge in [0.2, 0.25) is 0 Å². The molecule has 1 saturated carbocycles. The maximum Gasteiger partial charge on any atom is 0.374 e. The number of halogens is 2. The smallest absolute Gasteiger partial charge is 0.374 e. The van der Waals surface area contributed by atoms with Crippen LogP contribution in [0.15, 0.2) is 0 Å². The van der Waals surface area contributed by atoms with Crippen LogP contribution in [0.5, 0.6) is 0 Å². The Morgan fingerprint density at radius 2 is 2.00 bits per heavy atom. The molecule has 5 heteroatoms. The number of hydrogen-bond donors (Lipinski definition) is 2. The monoisotopic (exact) mass is 221 g/mol. The van der Waals surface area contributed by atoms with Crippen molar-refractivity contribution >= 4 is 5.97 Å². The Labute approximate surface area is 87.9 Å². The van der Waals surface area contributed by atoms with Crippen LogP contribution in [0.2, 0.25) is 0 Å². The summed E-state index contributed by atoms with van der Waals surface area (Å²) in [7, 11) is 0. The summed E-state index contributed by atoms with van der Waals surface area (Å²) in [5, 5.41) is 11.3. The maximum atomic E-state index is 12.6. The Bertz CT molecular complexity index is 215. The van der Waals surface area contributed by atoms with E-state index in [0.29, 0.717) is 12.6 Å². The van der Waals surface area contributed by atoms with Crippen molar-refractivity contribution < 1.29 is 18.7 Å². The fraction of sp³-hybridized carbons (Fsp3) is 0.900. The quantitative estimate of drug-likeness (QED) is 0.674. The zero-order valence-electron chi connectivity index (χ0n) is 8.64. The molecule has 0 aromatic heterocycles. The number of carbonyl (C=O) groups is 1. The van der Waals surface area contributed by atoms with Gasteiger partial charge in [-0.25, -0.2) is 4.79 Å². The van der Waals surface area contributed by atoms with Gasteiger partial charge in [0, 0.05) is 12.5 Å². The minimum atomic E-state index is -3.57. The lowest BCUT2D eigenvalue weighted by atomic mass is 10.1. The van der Waals surface area contributed by atoms with Gasteiger partial charge in [0.15, 0.2) is 0 Å². The van der Waals surface area contributed by atoms with E-state index in [0.717, 1.165) is 12.8 Å². The molecule has 0 unspecified atom stereocenters. The second-order valence-corrected chi connectivity index (χ2v) is 4.05. The van der Waals surface area contributed by atoms with Crippen LogP contribution in [-0.2, 0) is 4.79 Å². The van der Waals surface area contributed by atoms with E-state index in [9.17, 15) is 13.6 Å². The van der Waals surface area contributed by atoms with E-state index in [2.05, 4.69) is 5.32 Å². The number of carboxylic acids is 1. The van der Waals surface area contributed by atoms with E-state index in [1.54, 1.807) is 0 Å². The van der Waals surface area contributed by atoms with Gasteiger partial charge in [-0.3, -0.25) is 0 Å². The molecule has 1 aliphatic rings. The molecule has 0 bridgehead atoms. The van der Waals surface area contributed by atoms with Gasteiger partial charge in [-0.1, -0.05) is 12.8 Å². The van der Waals surface area contributed by atoms with E-state index >= 15 is 0 Å². The third-order valence-electron chi connectivity index (χ3n) is 2.77. The van der Waals surface area contributed by atoms with Gasteiger partial charge in [-0.05, 0) is 25.8 Å². The van der Waals surface area contributed by atoms with Gasteiger partial charge in [0.25, 0.3) is 0 Å². The highest BCUT2D eigenvalue weighted by Gasteiger charge is 2.37. The first-order valence-electron chi connectivity index (χ1n) is 5.37. The fourth-order valence-electron chi connectivity index (χ4n) is 1.85. The van der Waals surface area contributed by atoms with Crippen molar-refractivity contribution in [3.63, 3.8) is 0 Å². The molecular weight excluding hydrogens is 204 g/mol. The molecular formula is C10H17F2NO2. The lowest BCUT2D eigenvalue weighted by molar-refractivity contribution is -0.165. The van der Waals surface area contributed by atoms with Crippen LogP contribution < -0.4 is 5.32 Å². The molecule has 0 aliphatic heterocycles. The summed E-state index contributed by atoms with van der Waals surface area (Å²) in [4.78, 5) is 10.1. The fourth-order valence-corrected chi connectivity index (χ4v) is 1.85. The SMILES string of the molecule is O=C(O)C(F)(F)CCCNC1CCCC1. The first-order valence-corrected chi connectivity index (χ1v) is 5.37. The van der Waals surface area contributed by atoms with Crippen LogP contribution in [0.4, 0.5) is 8.78 Å². The third-order valence-corrected chi connectivity index (χ3v) is 2.77. The molecule has 3 nitrogen and oxygen atoms in total. The maximum absolute atomic E-state index is 12.6. The zero-order chi connectivity index (χ0) is 11.3. The Balaban J connectivity index is 2.08. The number of aliphatic carboxylic acids is 1. The van der Waals surface area contributed by atoms with Crippen LogP contribution in [0.1, 0.15) is 38.5 Å². The predicted molar refractivity (Wildman–Crippen MR) is 52.1 cm³/mol. The minimum Gasteiger partial charge on any atom is -0.477 e. The normalized spacial score (nSPS) is 18.3. The van der Waals surface area contributed by atoms with Crippen molar-refractivity contribution in [1.29, 1.82) is 0 Å². The van der Waals surface area contributed by atoms with Gasteiger partial charge < -0.3 is 10.4 Å². The highest BCUT2D eigenvalue weighted by molar-refractivity contribution is 5.75. The third kappa shape index (κ3) is 4.11. The van der Waals surface area contributed by atoms with Crippen LogP contribution in [-0.4, -0.2) is 29.6 Å². The molecule has 1 rings (SSSR count). The molecule has 1 fully saturated rings. The summed E-state index contributed by atoms with van der Waals surface area (Å²) < 4.78 is 25.2. The Morgan fingerprint density at radius 3 is 2.53 bits per heavy atom. The van der Waals surface area contributed by atoms with E-state index < -0.39 is 18.3 Å². The van der Waals surface area contributed by atoms with Crippen molar-refractivity contribution in [2.24, 2.45) is 0 Å². The van der Waals surface area contributed by atoms with Crippen molar-refractivity contribution in [3.05, 3.63) is 0 Å². The first kappa shape index (κ1) is 12.4. The second-order valence-electron chi connectivity index (χ2n) is 4.05. The van der Waals surface area contributed by atoms with Crippen molar-refractivity contribution in [2.75, 3.05) is 6.54 Å². The van der Waals surface area contributed by atoms with Gasteiger partial charge in [-0.15, -0.1) is 0 Å². The van der Waals surface area contributed by atoms with E-state index in [-0.39, 0.29) is 6.42 Å². The summed E-state index contributed by atoms with van der Waals surface area (Å²) in [5.74, 6) is -5.60. The predicted octanol–water partition coefficient (Wildman–Crippen LogP) is 2.02. The largest absolute Gasteiger partial charge is 0.477 e. The molecule has 0 heterocycles. The standard InChI is InChI=1S/C10H17F2NO2/c11-10(12,9(14)15)6-3-7-13-8-4-1-2-5-8/h8,13H,1-7H2,(H,14,15). The lowest BCUT2D eigenvalue weighted by Gasteiger charge is -2.13. The van der Waals surface area contributed by atoms with Gasteiger partial charge in [0.05, 0.1) is 0 Å². The van der Waals surface area contributed by atoms with Crippen LogP contribution in [0.3, 0.4) is 0 Å². The first-order chi connectivity index (χ1) is 7.02. The molecule has 15 heavy (non-hydrogen) atoms. The Morgan fingerprint density at radius 1 is 1.40 bits per heavy atom. The molecule has 88 valence electrons.